The van der Waals surface area contributed by atoms with E-state index < -0.39 is 0 Å². The summed E-state index contributed by atoms with van der Waals surface area (Å²) in [6.45, 7) is 10.3. The van der Waals surface area contributed by atoms with Crippen molar-refractivity contribution in [1.82, 2.24) is 14.5 Å². The first-order valence-corrected chi connectivity index (χ1v) is 7.12. The van der Waals surface area contributed by atoms with Crippen molar-refractivity contribution in [3.63, 3.8) is 0 Å². The highest BCUT2D eigenvalue weighted by Gasteiger charge is 2.20. The molecule has 4 nitrogen and oxygen atoms in total. The van der Waals surface area contributed by atoms with Gasteiger partial charge in [-0.25, -0.2) is 4.98 Å². The summed E-state index contributed by atoms with van der Waals surface area (Å²) in [7, 11) is 0. The Balaban J connectivity index is 2.15. The van der Waals surface area contributed by atoms with Gasteiger partial charge in [0, 0.05) is 42.2 Å². The largest absolute Gasteiger partial charge is 0.362 e. The zero-order valence-electron chi connectivity index (χ0n) is 12.9. The smallest absolute Gasteiger partial charge is 0.198 e. The van der Waals surface area contributed by atoms with Gasteiger partial charge in [-0.2, -0.15) is 0 Å². The van der Waals surface area contributed by atoms with Crippen LogP contribution < -0.4 is 0 Å². The molecule has 0 aliphatic rings. The minimum Gasteiger partial charge on any atom is -0.362 e. The second-order valence-electron chi connectivity index (χ2n) is 5.83. The maximum Gasteiger partial charge on any atom is 0.198 e. The lowest BCUT2D eigenvalue weighted by Gasteiger charge is -2.13. The van der Waals surface area contributed by atoms with Crippen molar-refractivity contribution in [2.45, 2.75) is 53.0 Å². The normalized spacial score (nSPS) is 12.9. The number of hydrogen-bond donors (Lipinski definition) is 1. The molecule has 20 heavy (non-hydrogen) atoms. The predicted molar refractivity (Wildman–Crippen MR) is 80.2 cm³/mol. The first-order chi connectivity index (χ1) is 9.40. The van der Waals surface area contributed by atoms with Crippen LogP contribution in [0.4, 0.5) is 0 Å². The summed E-state index contributed by atoms with van der Waals surface area (Å²) in [6.07, 6.45) is 4.04. The Morgan fingerprint density at radius 3 is 2.60 bits per heavy atom. The number of aromatic amines is 1. The molecule has 0 fully saturated rings. The monoisotopic (exact) mass is 273 g/mol. The van der Waals surface area contributed by atoms with Gasteiger partial charge >= 0.3 is 0 Å². The van der Waals surface area contributed by atoms with E-state index in [1.54, 1.807) is 6.20 Å². The number of imidazole rings is 1. The average molecular weight is 273 g/mol. The number of aromatic nitrogens is 3. The fraction of sp³-hybridized carbons (Fsp3) is 0.500. The molecule has 0 aliphatic carbocycles. The van der Waals surface area contributed by atoms with E-state index in [2.05, 4.69) is 43.7 Å². The van der Waals surface area contributed by atoms with E-state index in [1.807, 2.05) is 17.7 Å². The van der Waals surface area contributed by atoms with Gasteiger partial charge in [0.15, 0.2) is 11.6 Å². The summed E-state index contributed by atoms with van der Waals surface area (Å²) in [6, 6.07) is 2.37. The van der Waals surface area contributed by atoms with Crippen molar-refractivity contribution in [1.29, 1.82) is 0 Å². The lowest BCUT2D eigenvalue weighted by Crippen LogP contribution is -2.14. The first-order valence-electron chi connectivity index (χ1n) is 7.12. The van der Waals surface area contributed by atoms with E-state index in [0.29, 0.717) is 12.2 Å². The highest BCUT2D eigenvalue weighted by Crippen LogP contribution is 2.24. The lowest BCUT2D eigenvalue weighted by atomic mass is 9.98. The predicted octanol–water partition coefficient (Wildman–Crippen LogP) is 3.79. The van der Waals surface area contributed by atoms with Crippen LogP contribution in [0.25, 0.3) is 0 Å². The molecule has 1 N–H and O–H groups in total. The lowest BCUT2D eigenvalue weighted by molar-refractivity contribution is 0.0959. The highest BCUT2D eigenvalue weighted by atomic mass is 16.1. The third-order valence-electron chi connectivity index (χ3n) is 3.65. The van der Waals surface area contributed by atoms with Gasteiger partial charge < -0.3 is 9.55 Å². The molecule has 4 heteroatoms. The van der Waals surface area contributed by atoms with Crippen LogP contribution in [0.1, 0.15) is 66.7 Å². The summed E-state index contributed by atoms with van der Waals surface area (Å²) in [5, 5.41) is 0. The number of carbonyl (C=O) groups is 1. The number of rotatable bonds is 5. The van der Waals surface area contributed by atoms with Crippen LogP contribution in [-0.4, -0.2) is 20.3 Å². The minimum absolute atomic E-state index is 0.0999. The number of nitrogens with zero attached hydrogens (tertiary/aromatic N) is 2. The molecule has 2 rings (SSSR count). The number of nitrogens with one attached hydrogen (secondary N) is 1. The van der Waals surface area contributed by atoms with E-state index in [0.717, 1.165) is 11.4 Å². The van der Waals surface area contributed by atoms with Gasteiger partial charge in [-0.1, -0.05) is 6.92 Å². The zero-order valence-corrected chi connectivity index (χ0v) is 12.9. The third kappa shape index (κ3) is 2.84. The number of hydrogen-bond acceptors (Lipinski definition) is 2. The van der Waals surface area contributed by atoms with Crippen molar-refractivity contribution in [2.24, 2.45) is 0 Å². The Kier molecular flexibility index (Phi) is 4.12. The van der Waals surface area contributed by atoms with E-state index in [1.165, 1.54) is 5.56 Å². The molecule has 0 aliphatic heterocycles. The molecule has 2 aromatic heterocycles. The number of Topliss-reactive ketones (excluding diaryl/α,β-unsaturated/α-hetero) is 1. The number of carbonyl (C=O) groups excluding carboxylic acids is 1. The molecule has 2 aromatic rings. The maximum absolute atomic E-state index is 12.4. The van der Waals surface area contributed by atoms with Crippen molar-refractivity contribution < 1.29 is 4.79 Å². The molecule has 0 radical (unpaired) electrons. The molecule has 0 spiro atoms. The molecule has 2 heterocycles. The third-order valence-corrected chi connectivity index (χ3v) is 3.65. The summed E-state index contributed by atoms with van der Waals surface area (Å²) in [5.41, 5.74) is 3.51. The molecule has 0 saturated heterocycles. The molecule has 1 atom stereocenters. The summed E-state index contributed by atoms with van der Waals surface area (Å²) < 4.78 is 1.93. The SMILES string of the molecule is Cc1cc(C)c([C@H](C)CC(=O)c2nccn2C(C)C)[nH]1. The van der Waals surface area contributed by atoms with Crippen LogP contribution in [0.2, 0.25) is 0 Å². The average Bonchev–Trinajstić information content (AvgIpc) is 2.95. The molecule has 0 saturated carbocycles. The number of ketones is 1. The Morgan fingerprint density at radius 2 is 2.05 bits per heavy atom. The Morgan fingerprint density at radius 1 is 1.35 bits per heavy atom. The van der Waals surface area contributed by atoms with E-state index in [9.17, 15) is 4.79 Å². The molecule has 0 amide bonds. The molecule has 0 aromatic carbocycles. The summed E-state index contributed by atoms with van der Waals surface area (Å²) >= 11 is 0. The highest BCUT2D eigenvalue weighted by molar-refractivity contribution is 5.93. The van der Waals surface area contributed by atoms with E-state index in [4.69, 9.17) is 0 Å². The van der Waals surface area contributed by atoms with Gasteiger partial charge in [-0.3, -0.25) is 4.79 Å². The second kappa shape index (κ2) is 5.65. The Bertz CT molecular complexity index is 607. The topological polar surface area (TPSA) is 50.7 Å². The number of aryl methyl sites for hydroxylation is 2. The van der Waals surface area contributed by atoms with E-state index in [-0.39, 0.29) is 17.7 Å². The molecule has 0 bridgehead atoms. The Hall–Kier alpha value is -1.84. The van der Waals surface area contributed by atoms with Gasteiger partial charge in [0.2, 0.25) is 0 Å². The van der Waals surface area contributed by atoms with Gasteiger partial charge in [-0.15, -0.1) is 0 Å². The fourth-order valence-corrected chi connectivity index (χ4v) is 2.68. The van der Waals surface area contributed by atoms with Gasteiger partial charge in [-0.05, 0) is 39.3 Å². The number of H-pyrrole nitrogens is 1. The van der Waals surface area contributed by atoms with Gasteiger partial charge in [0.25, 0.3) is 0 Å². The quantitative estimate of drug-likeness (QED) is 0.843. The second-order valence-corrected chi connectivity index (χ2v) is 5.83. The summed E-state index contributed by atoms with van der Waals surface area (Å²) in [5.74, 6) is 0.837. The van der Waals surface area contributed by atoms with Crippen molar-refractivity contribution in [2.75, 3.05) is 0 Å². The molecular weight excluding hydrogens is 250 g/mol. The zero-order chi connectivity index (χ0) is 14.9. The molecule has 0 unspecified atom stereocenters. The fourth-order valence-electron chi connectivity index (χ4n) is 2.68. The van der Waals surface area contributed by atoms with Crippen molar-refractivity contribution in [3.8, 4) is 0 Å². The summed E-state index contributed by atoms with van der Waals surface area (Å²) in [4.78, 5) is 20.0. The standard InChI is InChI=1S/C16H23N3O/c1-10(2)19-7-6-17-16(19)14(20)9-12(4)15-11(3)8-13(5)18-15/h6-8,10,12,18H,9H2,1-5H3/t12-/m1/s1. The van der Waals surface area contributed by atoms with Crippen LogP contribution in [0.3, 0.4) is 0 Å². The minimum atomic E-state index is 0.0999. The van der Waals surface area contributed by atoms with Crippen molar-refractivity contribution >= 4 is 5.78 Å². The van der Waals surface area contributed by atoms with Crippen LogP contribution in [0.5, 0.6) is 0 Å². The van der Waals surface area contributed by atoms with E-state index >= 15 is 0 Å². The Labute approximate surface area is 120 Å². The molecule has 108 valence electrons. The molecular formula is C16H23N3O. The maximum atomic E-state index is 12.4. The van der Waals surface area contributed by atoms with Crippen LogP contribution in [0.15, 0.2) is 18.5 Å². The van der Waals surface area contributed by atoms with Gasteiger partial charge in [0.1, 0.15) is 0 Å². The van der Waals surface area contributed by atoms with Crippen LogP contribution in [-0.2, 0) is 0 Å². The van der Waals surface area contributed by atoms with Crippen molar-refractivity contribution in [3.05, 3.63) is 41.2 Å². The first kappa shape index (κ1) is 14.6. The van der Waals surface area contributed by atoms with Crippen LogP contribution in [0, 0.1) is 13.8 Å². The van der Waals surface area contributed by atoms with Crippen LogP contribution >= 0.6 is 0 Å². The van der Waals surface area contributed by atoms with Gasteiger partial charge in [0.05, 0.1) is 0 Å².